The molecular formula is C9H17N5S. The number of hydrogen-bond donors (Lipinski definition) is 2. The molecule has 1 fully saturated rings. The van der Waals surface area contributed by atoms with Crippen molar-refractivity contribution in [1.29, 1.82) is 0 Å². The minimum Gasteiger partial charge on any atom is -0.368 e. The molecule has 15 heavy (non-hydrogen) atoms. The van der Waals surface area contributed by atoms with Gasteiger partial charge in [0.2, 0.25) is 11.1 Å². The van der Waals surface area contributed by atoms with E-state index in [0.717, 1.165) is 10.9 Å². The number of aromatic amines is 1. The minimum absolute atomic E-state index is 0.400. The molecule has 3 N–H and O–H groups in total. The summed E-state index contributed by atoms with van der Waals surface area (Å²) in [7, 11) is 0. The van der Waals surface area contributed by atoms with Crippen LogP contribution < -0.4 is 5.73 Å². The number of anilines is 1. The van der Waals surface area contributed by atoms with Gasteiger partial charge in [0.05, 0.1) is 0 Å². The Bertz CT molecular complexity index is 294. The summed E-state index contributed by atoms with van der Waals surface area (Å²) in [6, 6.07) is 0. The molecule has 1 aromatic rings. The van der Waals surface area contributed by atoms with Gasteiger partial charge >= 0.3 is 0 Å². The van der Waals surface area contributed by atoms with Crippen molar-refractivity contribution in [3.05, 3.63) is 0 Å². The summed E-state index contributed by atoms with van der Waals surface area (Å²) in [5, 5.41) is 7.37. The Morgan fingerprint density at radius 3 is 2.87 bits per heavy atom. The number of nitrogen functional groups attached to an aromatic ring is 1. The number of nitrogens with zero attached hydrogens (tertiary/aromatic N) is 3. The molecule has 2 rings (SSSR count). The standard InChI is InChI=1S/C9H17N5S/c10-8-11-9(13-12-8)15-7-3-6-14-4-1-2-5-14/h1-7H2,(H3,10,11,12,13). The molecule has 0 amide bonds. The van der Waals surface area contributed by atoms with E-state index in [9.17, 15) is 0 Å². The number of likely N-dealkylation sites (tertiary alicyclic amines) is 1. The largest absolute Gasteiger partial charge is 0.368 e. The van der Waals surface area contributed by atoms with Gasteiger partial charge < -0.3 is 10.6 Å². The van der Waals surface area contributed by atoms with Crippen LogP contribution in [0.1, 0.15) is 19.3 Å². The molecule has 1 aliphatic rings. The second-order valence-corrected chi connectivity index (χ2v) is 4.82. The van der Waals surface area contributed by atoms with E-state index in [1.807, 2.05) is 0 Å². The molecule has 0 bridgehead atoms. The molecule has 0 radical (unpaired) electrons. The Labute approximate surface area is 93.8 Å². The smallest absolute Gasteiger partial charge is 0.216 e. The highest BCUT2D eigenvalue weighted by Crippen LogP contribution is 2.15. The summed E-state index contributed by atoms with van der Waals surface area (Å²) in [5.41, 5.74) is 5.43. The maximum atomic E-state index is 5.43. The zero-order valence-electron chi connectivity index (χ0n) is 8.78. The first-order valence-corrected chi connectivity index (χ1v) is 6.36. The molecule has 1 saturated heterocycles. The van der Waals surface area contributed by atoms with Crippen molar-refractivity contribution in [2.24, 2.45) is 0 Å². The Morgan fingerprint density at radius 2 is 2.20 bits per heavy atom. The van der Waals surface area contributed by atoms with Crippen molar-refractivity contribution in [2.75, 3.05) is 31.1 Å². The van der Waals surface area contributed by atoms with Crippen molar-refractivity contribution >= 4 is 17.7 Å². The maximum absolute atomic E-state index is 5.43. The number of nitrogens with one attached hydrogen (secondary N) is 1. The van der Waals surface area contributed by atoms with Crippen LogP contribution in [-0.4, -0.2) is 45.5 Å². The lowest BCUT2D eigenvalue weighted by Gasteiger charge is -2.13. The molecule has 1 aromatic heterocycles. The lowest BCUT2D eigenvalue weighted by molar-refractivity contribution is 0.341. The molecule has 0 atom stereocenters. The highest BCUT2D eigenvalue weighted by molar-refractivity contribution is 7.99. The van der Waals surface area contributed by atoms with E-state index in [4.69, 9.17) is 5.73 Å². The van der Waals surface area contributed by atoms with Crippen LogP contribution in [0.3, 0.4) is 0 Å². The summed E-state index contributed by atoms with van der Waals surface area (Å²) in [5.74, 6) is 1.46. The fourth-order valence-corrected chi connectivity index (χ4v) is 2.51. The van der Waals surface area contributed by atoms with Crippen LogP contribution in [0.4, 0.5) is 5.95 Å². The van der Waals surface area contributed by atoms with E-state index in [2.05, 4.69) is 20.1 Å². The maximum Gasteiger partial charge on any atom is 0.216 e. The molecule has 0 spiro atoms. The average molecular weight is 227 g/mol. The zero-order chi connectivity index (χ0) is 10.5. The van der Waals surface area contributed by atoms with E-state index in [1.165, 1.54) is 38.9 Å². The number of nitrogens with two attached hydrogens (primary N) is 1. The van der Waals surface area contributed by atoms with E-state index < -0.39 is 0 Å². The Morgan fingerprint density at radius 1 is 1.40 bits per heavy atom. The number of H-pyrrole nitrogens is 1. The number of rotatable bonds is 5. The molecule has 0 aromatic carbocycles. The monoisotopic (exact) mass is 227 g/mol. The molecule has 0 aliphatic carbocycles. The summed E-state index contributed by atoms with van der Waals surface area (Å²) < 4.78 is 0. The molecule has 84 valence electrons. The van der Waals surface area contributed by atoms with E-state index in [1.54, 1.807) is 11.8 Å². The van der Waals surface area contributed by atoms with Gasteiger partial charge in [0.1, 0.15) is 0 Å². The van der Waals surface area contributed by atoms with Crippen LogP contribution in [0.5, 0.6) is 0 Å². The highest BCUT2D eigenvalue weighted by Gasteiger charge is 2.10. The lowest BCUT2D eigenvalue weighted by Crippen LogP contribution is -2.20. The third-order valence-electron chi connectivity index (χ3n) is 2.53. The van der Waals surface area contributed by atoms with Crippen LogP contribution >= 0.6 is 11.8 Å². The van der Waals surface area contributed by atoms with Crippen molar-refractivity contribution in [1.82, 2.24) is 20.1 Å². The predicted molar refractivity (Wildman–Crippen MR) is 61.8 cm³/mol. The van der Waals surface area contributed by atoms with Crippen molar-refractivity contribution < 1.29 is 0 Å². The third kappa shape index (κ3) is 3.39. The van der Waals surface area contributed by atoms with Gasteiger partial charge in [-0.1, -0.05) is 11.8 Å². The second kappa shape index (κ2) is 5.37. The molecule has 1 aliphatic heterocycles. The van der Waals surface area contributed by atoms with Crippen LogP contribution in [0.25, 0.3) is 0 Å². The fourth-order valence-electron chi connectivity index (χ4n) is 1.78. The minimum atomic E-state index is 0.400. The zero-order valence-corrected chi connectivity index (χ0v) is 9.59. The van der Waals surface area contributed by atoms with Gasteiger partial charge in [-0.15, -0.1) is 5.10 Å². The average Bonchev–Trinajstić information content (AvgIpc) is 2.84. The highest BCUT2D eigenvalue weighted by atomic mass is 32.2. The van der Waals surface area contributed by atoms with E-state index in [-0.39, 0.29) is 0 Å². The molecule has 2 heterocycles. The topological polar surface area (TPSA) is 70.8 Å². The van der Waals surface area contributed by atoms with Crippen LogP contribution in [0.2, 0.25) is 0 Å². The first kappa shape index (κ1) is 10.8. The van der Waals surface area contributed by atoms with E-state index in [0.29, 0.717) is 5.95 Å². The molecular weight excluding hydrogens is 210 g/mol. The van der Waals surface area contributed by atoms with Gasteiger partial charge in [-0.25, -0.2) is 5.10 Å². The normalized spacial score (nSPS) is 17.3. The fraction of sp³-hybridized carbons (Fsp3) is 0.778. The lowest BCUT2D eigenvalue weighted by atomic mass is 10.4. The van der Waals surface area contributed by atoms with Gasteiger partial charge in [0.15, 0.2) is 0 Å². The van der Waals surface area contributed by atoms with Gasteiger partial charge in [0, 0.05) is 5.75 Å². The summed E-state index contributed by atoms with van der Waals surface area (Å²) in [6.45, 7) is 3.75. The Kier molecular flexibility index (Phi) is 3.85. The van der Waals surface area contributed by atoms with Gasteiger partial charge in [-0.05, 0) is 38.9 Å². The number of aromatic nitrogens is 3. The molecule has 0 saturated carbocycles. The van der Waals surface area contributed by atoms with Crippen LogP contribution in [-0.2, 0) is 0 Å². The third-order valence-corrected chi connectivity index (χ3v) is 3.46. The molecule has 6 heteroatoms. The number of hydrogen-bond acceptors (Lipinski definition) is 5. The Hall–Kier alpha value is -0.750. The first-order valence-electron chi connectivity index (χ1n) is 5.37. The van der Waals surface area contributed by atoms with E-state index >= 15 is 0 Å². The summed E-state index contributed by atoms with van der Waals surface area (Å²) >= 11 is 1.66. The van der Waals surface area contributed by atoms with Gasteiger partial charge in [0.25, 0.3) is 0 Å². The number of thioether (sulfide) groups is 1. The summed E-state index contributed by atoms with van der Waals surface area (Å²) in [4.78, 5) is 6.56. The predicted octanol–water partition coefficient (Wildman–Crippen LogP) is 0.965. The van der Waals surface area contributed by atoms with Crippen molar-refractivity contribution in [2.45, 2.75) is 24.4 Å². The molecule has 5 nitrogen and oxygen atoms in total. The van der Waals surface area contributed by atoms with Crippen LogP contribution in [0.15, 0.2) is 5.16 Å². The molecule has 0 unspecified atom stereocenters. The van der Waals surface area contributed by atoms with Crippen LogP contribution in [0, 0.1) is 0 Å². The van der Waals surface area contributed by atoms with Gasteiger partial charge in [-0.3, -0.25) is 0 Å². The second-order valence-electron chi connectivity index (χ2n) is 3.75. The van der Waals surface area contributed by atoms with Crippen molar-refractivity contribution in [3.8, 4) is 0 Å². The SMILES string of the molecule is Nc1nc(SCCCN2CCCC2)n[nH]1. The van der Waals surface area contributed by atoms with Crippen molar-refractivity contribution in [3.63, 3.8) is 0 Å². The quantitative estimate of drug-likeness (QED) is 0.579. The summed E-state index contributed by atoms with van der Waals surface area (Å²) in [6.07, 6.45) is 3.92. The first-order chi connectivity index (χ1) is 7.34. The Balaban J connectivity index is 1.58. The van der Waals surface area contributed by atoms with Gasteiger partial charge in [-0.2, -0.15) is 4.98 Å².